The summed E-state index contributed by atoms with van der Waals surface area (Å²) >= 11 is 0. The first-order valence-corrected chi connectivity index (χ1v) is 5.13. The van der Waals surface area contributed by atoms with E-state index < -0.39 is 0 Å². The Kier molecular flexibility index (Phi) is 6.59. The standard InChI is InChI=1S/C10H22N2O/c1-4-6-12(5-2)10(13)7-9(3)8-11/h9H,4-8,11H2,1-3H3. The maximum atomic E-state index is 11.6. The van der Waals surface area contributed by atoms with Crippen LogP contribution in [0.2, 0.25) is 0 Å². The fraction of sp³-hybridized carbons (Fsp3) is 0.900. The van der Waals surface area contributed by atoms with Gasteiger partial charge in [0.25, 0.3) is 0 Å². The van der Waals surface area contributed by atoms with E-state index >= 15 is 0 Å². The Balaban J connectivity index is 3.90. The number of hydrogen-bond acceptors (Lipinski definition) is 2. The Hall–Kier alpha value is -0.570. The molecule has 0 saturated heterocycles. The summed E-state index contributed by atoms with van der Waals surface area (Å²) in [6, 6.07) is 0. The molecule has 0 spiro atoms. The molecule has 0 aromatic carbocycles. The highest BCUT2D eigenvalue weighted by Crippen LogP contribution is 2.04. The SMILES string of the molecule is CCCN(CC)C(=O)CC(C)CN. The Morgan fingerprint density at radius 1 is 1.46 bits per heavy atom. The maximum Gasteiger partial charge on any atom is 0.222 e. The molecule has 3 nitrogen and oxygen atoms in total. The molecular weight excluding hydrogens is 164 g/mol. The zero-order valence-electron chi connectivity index (χ0n) is 9.05. The van der Waals surface area contributed by atoms with Crippen LogP contribution in [0.3, 0.4) is 0 Å². The largest absolute Gasteiger partial charge is 0.343 e. The summed E-state index contributed by atoms with van der Waals surface area (Å²) < 4.78 is 0. The van der Waals surface area contributed by atoms with Crippen molar-refractivity contribution in [3.8, 4) is 0 Å². The van der Waals surface area contributed by atoms with Crippen LogP contribution >= 0.6 is 0 Å². The molecule has 1 amide bonds. The number of nitrogens with zero attached hydrogens (tertiary/aromatic N) is 1. The average molecular weight is 186 g/mol. The van der Waals surface area contributed by atoms with Gasteiger partial charge < -0.3 is 10.6 Å². The highest BCUT2D eigenvalue weighted by molar-refractivity contribution is 5.76. The molecule has 0 fully saturated rings. The Labute approximate surface area is 81.3 Å². The van der Waals surface area contributed by atoms with Crippen LogP contribution in [-0.4, -0.2) is 30.4 Å². The zero-order valence-corrected chi connectivity index (χ0v) is 9.05. The van der Waals surface area contributed by atoms with Gasteiger partial charge in [-0.3, -0.25) is 4.79 Å². The number of carbonyl (C=O) groups excluding carboxylic acids is 1. The molecule has 78 valence electrons. The summed E-state index contributed by atoms with van der Waals surface area (Å²) in [4.78, 5) is 13.5. The lowest BCUT2D eigenvalue weighted by atomic mass is 10.1. The zero-order chi connectivity index (χ0) is 10.3. The summed E-state index contributed by atoms with van der Waals surface area (Å²) in [7, 11) is 0. The molecule has 3 heteroatoms. The summed E-state index contributed by atoms with van der Waals surface area (Å²) in [6.45, 7) is 8.38. The van der Waals surface area contributed by atoms with Crippen molar-refractivity contribution >= 4 is 5.91 Å². The third kappa shape index (κ3) is 4.88. The van der Waals surface area contributed by atoms with Crippen LogP contribution in [0, 0.1) is 5.92 Å². The van der Waals surface area contributed by atoms with Crippen molar-refractivity contribution in [1.82, 2.24) is 4.90 Å². The van der Waals surface area contributed by atoms with Crippen LogP contribution < -0.4 is 5.73 Å². The van der Waals surface area contributed by atoms with Gasteiger partial charge in [-0.1, -0.05) is 13.8 Å². The molecule has 0 bridgehead atoms. The minimum absolute atomic E-state index is 0.238. The number of nitrogens with two attached hydrogens (primary N) is 1. The molecule has 1 unspecified atom stereocenters. The van der Waals surface area contributed by atoms with Gasteiger partial charge in [-0.25, -0.2) is 0 Å². The van der Waals surface area contributed by atoms with Crippen molar-refractivity contribution < 1.29 is 4.79 Å². The molecule has 0 aliphatic carbocycles. The van der Waals surface area contributed by atoms with E-state index in [9.17, 15) is 4.79 Å². The molecule has 0 radical (unpaired) electrons. The van der Waals surface area contributed by atoms with E-state index in [1.807, 2.05) is 18.7 Å². The van der Waals surface area contributed by atoms with Gasteiger partial charge in [0.15, 0.2) is 0 Å². The second-order valence-corrected chi connectivity index (χ2v) is 3.52. The van der Waals surface area contributed by atoms with Crippen molar-refractivity contribution in [2.24, 2.45) is 11.7 Å². The first-order chi connectivity index (χ1) is 6.15. The van der Waals surface area contributed by atoms with E-state index in [0.717, 1.165) is 19.5 Å². The van der Waals surface area contributed by atoms with Crippen LogP contribution in [0.1, 0.15) is 33.6 Å². The van der Waals surface area contributed by atoms with Crippen LogP contribution in [0.5, 0.6) is 0 Å². The Morgan fingerprint density at radius 2 is 2.08 bits per heavy atom. The summed E-state index contributed by atoms with van der Waals surface area (Å²) in [6.07, 6.45) is 1.61. The van der Waals surface area contributed by atoms with E-state index in [-0.39, 0.29) is 5.91 Å². The predicted octanol–water partition coefficient (Wildman–Crippen LogP) is 1.23. The second kappa shape index (κ2) is 6.89. The Morgan fingerprint density at radius 3 is 2.46 bits per heavy atom. The van der Waals surface area contributed by atoms with Crippen molar-refractivity contribution in [3.05, 3.63) is 0 Å². The van der Waals surface area contributed by atoms with Crippen LogP contribution in [0.4, 0.5) is 0 Å². The molecule has 0 heterocycles. The normalized spacial score (nSPS) is 12.6. The van der Waals surface area contributed by atoms with Crippen LogP contribution in [-0.2, 0) is 4.79 Å². The fourth-order valence-electron chi connectivity index (χ4n) is 1.24. The maximum absolute atomic E-state index is 11.6. The fourth-order valence-corrected chi connectivity index (χ4v) is 1.24. The molecule has 0 aliphatic heterocycles. The summed E-state index contributed by atoms with van der Waals surface area (Å²) in [5, 5.41) is 0. The van der Waals surface area contributed by atoms with Gasteiger partial charge in [0.05, 0.1) is 0 Å². The lowest BCUT2D eigenvalue weighted by Crippen LogP contribution is -2.33. The molecule has 13 heavy (non-hydrogen) atoms. The van der Waals surface area contributed by atoms with Gasteiger partial charge >= 0.3 is 0 Å². The van der Waals surface area contributed by atoms with Crippen molar-refractivity contribution in [2.45, 2.75) is 33.6 Å². The lowest BCUT2D eigenvalue weighted by Gasteiger charge is -2.21. The molecule has 0 saturated carbocycles. The smallest absolute Gasteiger partial charge is 0.222 e. The van der Waals surface area contributed by atoms with Crippen molar-refractivity contribution in [2.75, 3.05) is 19.6 Å². The van der Waals surface area contributed by atoms with Gasteiger partial charge in [0.1, 0.15) is 0 Å². The third-order valence-corrected chi connectivity index (χ3v) is 2.15. The predicted molar refractivity (Wildman–Crippen MR) is 55.4 cm³/mol. The van der Waals surface area contributed by atoms with Crippen molar-refractivity contribution in [1.29, 1.82) is 0 Å². The topological polar surface area (TPSA) is 46.3 Å². The molecular formula is C10H22N2O. The van der Waals surface area contributed by atoms with E-state index in [4.69, 9.17) is 5.73 Å². The van der Waals surface area contributed by atoms with Gasteiger partial charge in [-0.15, -0.1) is 0 Å². The van der Waals surface area contributed by atoms with E-state index in [1.165, 1.54) is 0 Å². The van der Waals surface area contributed by atoms with Crippen LogP contribution in [0.15, 0.2) is 0 Å². The number of amides is 1. The summed E-state index contributed by atoms with van der Waals surface area (Å²) in [5.41, 5.74) is 5.47. The monoisotopic (exact) mass is 186 g/mol. The molecule has 2 N–H and O–H groups in total. The van der Waals surface area contributed by atoms with E-state index in [1.54, 1.807) is 0 Å². The molecule has 0 rings (SSSR count). The number of carbonyl (C=O) groups is 1. The van der Waals surface area contributed by atoms with Gasteiger partial charge in [0.2, 0.25) is 5.91 Å². The first kappa shape index (κ1) is 12.4. The third-order valence-electron chi connectivity index (χ3n) is 2.15. The quantitative estimate of drug-likeness (QED) is 0.678. The van der Waals surface area contributed by atoms with E-state index in [2.05, 4.69) is 6.92 Å². The molecule has 0 aromatic heterocycles. The summed E-state index contributed by atoms with van der Waals surface area (Å²) in [5.74, 6) is 0.542. The number of rotatable bonds is 6. The average Bonchev–Trinajstić information content (AvgIpc) is 2.13. The van der Waals surface area contributed by atoms with Gasteiger partial charge in [0, 0.05) is 19.5 Å². The first-order valence-electron chi connectivity index (χ1n) is 5.13. The van der Waals surface area contributed by atoms with Gasteiger partial charge in [-0.2, -0.15) is 0 Å². The van der Waals surface area contributed by atoms with E-state index in [0.29, 0.717) is 18.9 Å². The highest BCUT2D eigenvalue weighted by atomic mass is 16.2. The molecule has 0 aliphatic rings. The minimum atomic E-state index is 0.238. The minimum Gasteiger partial charge on any atom is -0.343 e. The number of hydrogen-bond donors (Lipinski definition) is 1. The second-order valence-electron chi connectivity index (χ2n) is 3.52. The molecule has 0 aromatic rings. The van der Waals surface area contributed by atoms with Gasteiger partial charge in [-0.05, 0) is 25.8 Å². The van der Waals surface area contributed by atoms with Crippen molar-refractivity contribution in [3.63, 3.8) is 0 Å². The highest BCUT2D eigenvalue weighted by Gasteiger charge is 2.13. The van der Waals surface area contributed by atoms with Crippen LogP contribution in [0.25, 0.3) is 0 Å². The lowest BCUT2D eigenvalue weighted by molar-refractivity contribution is -0.131. The Bertz CT molecular complexity index is 148. The molecule has 1 atom stereocenters.